The van der Waals surface area contributed by atoms with Gasteiger partial charge in [0, 0.05) is 13.1 Å². The van der Waals surface area contributed by atoms with Crippen LogP contribution in [0.2, 0.25) is 0 Å². The first-order chi connectivity index (χ1) is 4.24. The van der Waals surface area contributed by atoms with E-state index in [0.717, 1.165) is 12.2 Å². The Morgan fingerprint density at radius 3 is 2.56 bits per heavy atom. The Labute approximate surface area is 59.0 Å². The fourth-order valence-corrected chi connectivity index (χ4v) is 2.01. The van der Waals surface area contributed by atoms with Crippen molar-refractivity contribution in [2.24, 2.45) is 11.7 Å². The van der Waals surface area contributed by atoms with Crippen LogP contribution in [0.4, 0.5) is 0 Å². The molecule has 1 rings (SSSR count). The van der Waals surface area contributed by atoms with E-state index in [1.807, 2.05) is 0 Å². The minimum Gasteiger partial charge on any atom is -0.330 e. The summed E-state index contributed by atoms with van der Waals surface area (Å²) in [7, 11) is 5.00. The Hall–Kier alpha value is 0.350. The molecule has 1 aliphatic rings. The number of hydrogen-bond donors (Lipinski definition) is 1. The van der Waals surface area contributed by atoms with E-state index in [4.69, 9.17) is 5.73 Å². The third-order valence-electron chi connectivity index (χ3n) is 1.98. The van der Waals surface area contributed by atoms with Crippen molar-refractivity contribution in [3.05, 3.63) is 0 Å². The molecule has 0 aromatic carbocycles. The van der Waals surface area contributed by atoms with Crippen molar-refractivity contribution in [2.75, 3.05) is 26.7 Å². The molecule has 1 aliphatic heterocycles. The molecule has 2 nitrogen and oxygen atoms in total. The fraction of sp³-hybridized carbons (Fsp3) is 1.00. The van der Waals surface area contributed by atoms with Crippen molar-refractivity contribution in [1.29, 1.82) is 0 Å². The van der Waals surface area contributed by atoms with Gasteiger partial charge in [-0.3, -0.25) is 0 Å². The molecule has 1 heterocycles. The summed E-state index contributed by atoms with van der Waals surface area (Å²) in [6, 6.07) is 0. The number of rotatable bonds is 1. The summed E-state index contributed by atoms with van der Waals surface area (Å²) in [5.74, 6) is 0.708. The summed E-state index contributed by atoms with van der Waals surface area (Å²) >= 11 is 0. The number of nitrogens with two attached hydrogens (primary N) is 1. The summed E-state index contributed by atoms with van der Waals surface area (Å²) in [5, 5.41) is 0. The lowest BCUT2D eigenvalue weighted by molar-refractivity contribution is 0.397. The Kier molecular flexibility index (Phi) is 2.45. The number of nitrogens with zero attached hydrogens (tertiary/aromatic N) is 1. The Morgan fingerprint density at radius 1 is 1.67 bits per heavy atom. The third-order valence-corrected chi connectivity index (χ3v) is 2.73. The topological polar surface area (TPSA) is 29.3 Å². The quantitative estimate of drug-likeness (QED) is 0.517. The van der Waals surface area contributed by atoms with Gasteiger partial charge in [0.2, 0.25) is 0 Å². The van der Waals surface area contributed by atoms with E-state index in [1.165, 1.54) is 13.1 Å². The van der Waals surface area contributed by atoms with Gasteiger partial charge in [-0.2, -0.15) is 0 Å². The van der Waals surface area contributed by atoms with Crippen LogP contribution in [0.5, 0.6) is 0 Å². The summed E-state index contributed by atoms with van der Waals surface area (Å²) in [4.78, 5) is 2.33. The second-order valence-electron chi connectivity index (χ2n) is 2.88. The zero-order chi connectivity index (χ0) is 6.85. The van der Waals surface area contributed by atoms with Crippen LogP contribution in [0.1, 0.15) is 0 Å². The van der Waals surface area contributed by atoms with Crippen molar-refractivity contribution in [1.82, 2.24) is 4.90 Å². The molecule has 3 atom stereocenters. The Morgan fingerprint density at radius 2 is 2.33 bits per heavy atom. The van der Waals surface area contributed by atoms with Gasteiger partial charge < -0.3 is 10.6 Å². The maximum absolute atomic E-state index is 5.55. The standard InChI is InChI=1S/C6H15N2P/c1-8-3-5(2-7)6(9)4-8/h5-6H,2-4,7,9H2,1H3. The zero-order valence-corrected chi connectivity index (χ0v) is 7.03. The van der Waals surface area contributed by atoms with Crippen molar-refractivity contribution in [2.45, 2.75) is 5.66 Å². The summed E-state index contributed by atoms with van der Waals surface area (Å²) in [6.07, 6.45) is 0. The molecule has 54 valence electrons. The zero-order valence-electron chi connectivity index (χ0n) is 5.88. The van der Waals surface area contributed by atoms with Crippen molar-refractivity contribution >= 4 is 9.24 Å². The highest BCUT2D eigenvalue weighted by Crippen LogP contribution is 2.20. The van der Waals surface area contributed by atoms with E-state index in [0.29, 0.717) is 5.92 Å². The molecule has 0 aromatic heterocycles. The summed E-state index contributed by atoms with van der Waals surface area (Å²) in [6.45, 7) is 3.19. The molecule has 0 saturated carbocycles. The number of likely N-dealkylation sites (tertiary alicyclic amines) is 1. The molecule has 1 saturated heterocycles. The SMILES string of the molecule is CN1CC(P)C(CN)C1. The predicted octanol–water partition coefficient (Wildman–Crippen LogP) is -0.250. The van der Waals surface area contributed by atoms with Crippen molar-refractivity contribution in [3.63, 3.8) is 0 Å². The van der Waals surface area contributed by atoms with Crippen LogP contribution < -0.4 is 5.73 Å². The normalized spacial score (nSPS) is 37.7. The second kappa shape index (κ2) is 2.96. The van der Waals surface area contributed by atoms with Gasteiger partial charge in [-0.05, 0) is 25.2 Å². The molecule has 0 aromatic rings. The second-order valence-corrected chi connectivity index (χ2v) is 3.74. The van der Waals surface area contributed by atoms with E-state index in [-0.39, 0.29) is 0 Å². The smallest absolute Gasteiger partial charge is 0.00450 e. The number of hydrogen-bond acceptors (Lipinski definition) is 2. The largest absolute Gasteiger partial charge is 0.330 e. The molecule has 0 amide bonds. The Balaban J connectivity index is 2.38. The molecule has 0 radical (unpaired) electrons. The molecule has 0 aliphatic carbocycles. The van der Waals surface area contributed by atoms with Gasteiger partial charge in [-0.1, -0.05) is 0 Å². The van der Waals surface area contributed by atoms with Crippen LogP contribution in [0.3, 0.4) is 0 Å². The molecule has 1 fully saturated rings. The van der Waals surface area contributed by atoms with Gasteiger partial charge >= 0.3 is 0 Å². The third kappa shape index (κ3) is 1.64. The lowest BCUT2D eigenvalue weighted by Crippen LogP contribution is -2.22. The molecular formula is C6H15N2P. The van der Waals surface area contributed by atoms with Crippen LogP contribution in [-0.2, 0) is 0 Å². The monoisotopic (exact) mass is 146 g/mol. The van der Waals surface area contributed by atoms with E-state index in [9.17, 15) is 0 Å². The van der Waals surface area contributed by atoms with Crippen LogP contribution >= 0.6 is 9.24 Å². The van der Waals surface area contributed by atoms with Gasteiger partial charge in [0.05, 0.1) is 0 Å². The van der Waals surface area contributed by atoms with Crippen molar-refractivity contribution in [3.8, 4) is 0 Å². The maximum Gasteiger partial charge on any atom is 0.00450 e. The van der Waals surface area contributed by atoms with Crippen LogP contribution in [0.25, 0.3) is 0 Å². The molecule has 2 N–H and O–H groups in total. The minimum atomic E-state index is 0.708. The van der Waals surface area contributed by atoms with Crippen LogP contribution in [0.15, 0.2) is 0 Å². The molecule has 3 heteroatoms. The van der Waals surface area contributed by atoms with E-state index >= 15 is 0 Å². The van der Waals surface area contributed by atoms with Gasteiger partial charge in [0.15, 0.2) is 0 Å². The first kappa shape index (κ1) is 7.46. The first-order valence-corrected chi connectivity index (χ1v) is 4.05. The lowest BCUT2D eigenvalue weighted by atomic mass is 10.1. The molecule has 0 spiro atoms. The summed E-state index contributed by atoms with van der Waals surface area (Å²) < 4.78 is 0. The van der Waals surface area contributed by atoms with Crippen LogP contribution in [-0.4, -0.2) is 37.2 Å². The molecule has 9 heavy (non-hydrogen) atoms. The highest BCUT2D eigenvalue weighted by molar-refractivity contribution is 7.17. The molecule has 0 bridgehead atoms. The van der Waals surface area contributed by atoms with Gasteiger partial charge in [0.1, 0.15) is 0 Å². The highest BCUT2D eigenvalue weighted by Gasteiger charge is 2.25. The van der Waals surface area contributed by atoms with Gasteiger partial charge in [-0.25, -0.2) is 0 Å². The predicted molar refractivity (Wildman–Crippen MR) is 43.5 cm³/mol. The lowest BCUT2D eigenvalue weighted by Gasteiger charge is -2.08. The van der Waals surface area contributed by atoms with E-state index < -0.39 is 0 Å². The minimum absolute atomic E-state index is 0.708. The van der Waals surface area contributed by atoms with Crippen molar-refractivity contribution < 1.29 is 0 Å². The molecular weight excluding hydrogens is 131 g/mol. The average Bonchev–Trinajstić information content (AvgIpc) is 2.10. The fourth-order valence-electron chi connectivity index (χ4n) is 1.37. The highest BCUT2D eigenvalue weighted by atomic mass is 31.0. The van der Waals surface area contributed by atoms with Gasteiger partial charge in [-0.15, -0.1) is 9.24 Å². The van der Waals surface area contributed by atoms with E-state index in [1.54, 1.807) is 0 Å². The van der Waals surface area contributed by atoms with Crippen LogP contribution in [0, 0.1) is 5.92 Å². The first-order valence-electron chi connectivity index (χ1n) is 3.38. The van der Waals surface area contributed by atoms with Gasteiger partial charge in [0.25, 0.3) is 0 Å². The summed E-state index contributed by atoms with van der Waals surface area (Å²) in [5.41, 5.74) is 6.27. The maximum atomic E-state index is 5.55. The van der Waals surface area contributed by atoms with E-state index in [2.05, 4.69) is 21.2 Å². The molecule has 3 unspecified atom stereocenters. The Bertz CT molecular complexity index is 97.1. The average molecular weight is 146 g/mol.